The standard InChI is InChI=1S/C29H30NS/c1-3-19-30(20-4-2)27-17-15-23(16-18-27)26-21-28(24-11-7-5-8-12-24)31-29(22-26)25-13-9-6-10-14-25/h5-18,21-22H,3-4,19-20H2,1-2H3/q+1. The Morgan fingerprint density at radius 3 is 1.55 bits per heavy atom. The second kappa shape index (κ2) is 10.5. The van der Waals surface area contributed by atoms with Gasteiger partial charge in [-0.25, -0.2) is 4.58 Å². The summed E-state index contributed by atoms with van der Waals surface area (Å²) in [6.07, 6.45) is 16.1. The van der Waals surface area contributed by atoms with E-state index in [2.05, 4.69) is 116 Å². The highest BCUT2D eigenvalue weighted by Gasteiger charge is 2.17. The lowest BCUT2D eigenvalue weighted by molar-refractivity contribution is -0.526. The third-order valence-corrected chi connectivity index (χ3v) is 6.61. The van der Waals surface area contributed by atoms with Crippen LogP contribution in [0.5, 0.6) is 0 Å². The summed E-state index contributed by atoms with van der Waals surface area (Å²) in [4.78, 5) is 2.58. The second-order valence-corrected chi connectivity index (χ2v) is 8.92. The van der Waals surface area contributed by atoms with E-state index >= 15 is 0 Å². The van der Waals surface area contributed by atoms with Crippen LogP contribution in [-0.2, 0) is 0 Å². The zero-order valence-corrected chi connectivity index (χ0v) is 19.2. The normalized spacial score (nSPS) is 15.7. The van der Waals surface area contributed by atoms with Gasteiger partial charge < -0.3 is 0 Å². The molecule has 2 aliphatic rings. The number of benzene rings is 2. The van der Waals surface area contributed by atoms with Crippen LogP contribution in [0.15, 0.2) is 108 Å². The Hall–Kier alpha value is -2.84. The summed E-state index contributed by atoms with van der Waals surface area (Å²) in [5.74, 6) is 0. The van der Waals surface area contributed by atoms with E-state index in [1.54, 1.807) is 0 Å². The van der Waals surface area contributed by atoms with Gasteiger partial charge in [-0.3, -0.25) is 0 Å². The average Bonchev–Trinajstić information content (AvgIpc) is 2.85. The van der Waals surface area contributed by atoms with Crippen molar-refractivity contribution in [2.75, 3.05) is 13.1 Å². The number of allylic oxidation sites excluding steroid dienone is 8. The Balaban J connectivity index is 1.75. The lowest BCUT2D eigenvalue weighted by Gasteiger charge is -2.19. The monoisotopic (exact) mass is 424 g/mol. The van der Waals surface area contributed by atoms with Crippen molar-refractivity contribution in [2.45, 2.75) is 26.7 Å². The van der Waals surface area contributed by atoms with E-state index in [1.807, 2.05) is 11.8 Å². The van der Waals surface area contributed by atoms with Gasteiger partial charge in [0, 0.05) is 34.8 Å². The van der Waals surface area contributed by atoms with Crippen LogP contribution in [0, 0.1) is 0 Å². The highest BCUT2D eigenvalue weighted by molar-refractivity contribution is 8.16. The Labute approximate surface area is 190 Å². The van der Waals surface area contributed by atoms with Crippen molar-refractivity contribution in [3.8, 4) is 0 Å². The van der Waals surface area contributed by atoms with Gasteiger partial charge >= 0.3 is 0 Å². The third-order valence-electron chi connectivity index (χ3n) is 5.46. The van der Waals surface area contributed by atoms with Crippen LogP contribution in [0.2, 0.25) is 0 Å². The van der Waals surface area contributed by atoms with E-state index in [0.29, 0.717) is 0 Å². The molecule has 2 heteroatoms. The minimum absolute atomic E-state index is 1.11. The molecular formula is C29H30NS+. The second-order valence-electron chi connectivity index (χ2n) is 7.84. The molecule has 0 saturated heterocycles. The predicted octanol–water partition coefficient (Wildman–Crippen LogP) is 7.51. The summed E-state index contributed by atoms with van der Waals surface area (Å²) in [5, 5.41) is 0. The first-order valence-electron chi connectivity index (χ1n) is 11.2. The summed E-state index contributed by atoms with van der Waals surface area (Å²) in [6, 6.07) is 21.4. The van der Waals surface area contributed by atoms with E-state index in [0.717, 1.165) is 13.1 Å². The van der Waals surface area contributed by atoms with Crippen molar-refractivity contribution in [3.05, 3.63) is 119 Å². The molecule has 0 bridgehead atoms. The van der Waals surface area contributed by atoms with E-state index in [-0.39, 0.29) is 0 Å². The molecule has 0 radical (unpaired) electrons. The van der Waals surface area contributed by atoms with Crippen molar-refractivity contribution < 1.29 is 4.58 Å². The largest absolute Gasteiger partial charge is 0.230 e. The van der Waals surface area contributed by atoms with Crippen LogP contribution in [-0.4, -0.2) is 23.4 Å². The zero-order chi connectivity index (χ0) is 21.5. The zero-order valence-electron chi connectivity index (χ0n) is 18.4. The lowest BCUT2D eigenvalue weighted by atomic mass is 9.99. The molecule has 0 aromatic heterocycles. The summed E-state index contributed by atoms with van der Waals surface area (Å²) in [5.41, 5.74) is 6.37. The first kappa shape index (κ1) is 21.4. The van der Waals surface area contributed by atoms with Crippen LogP contribution in [0.25, 0.3) is 9.81 Å². The van der Waals surface area contributed by atoms with Crippen LogP contribution in [0.3, 0.4) is 0 Å². The van der Waals surface area contributed by atoms with E-state index < -0.39 is 0 Å². The molecule has 0 unspecified atom stereocenters. The number of rotatable bonds is 6. The van der Waals surface area contributed by atoms with Gasteiger partial charge in [0.15, 0.2) is 5.71 Å². The molecule has 156 valence electrons. The highest BCUT2D eigenvalue weighted by atomic mass is 32.2. The Morgan fingerprint density at radius 2 is 1.10 bits per heavy atom. The lowest BCUT2D eigenvalue weighted by Crippen LogP contribution is -2.21. The molecule has 1 heterocycles. The van der Waals surface area contributed by atoms with E-state index in [4.69, 9.17) is 0 Å². The molecule has 0 atom stereocenters. The van der Waals surface area contributed by atoms with Crippen LogP contribution in [0.1, 0.15) is 37.8 Å². The van der Waals surface area contributed by atoms with Gasteiger partial charge in [-0.05, 0) is 46.6 Å². The van der Waals surface area contributed by atoms with Crippen LogP contribution >= 0.6 is 11.8 Å². The summed E-state index contributed by atoms with van der Waals surface area (Å²) >= 11 is 1.85. The smallest absolute Gasteiger partial charge is 0.199 e. The first-order chi connectivity index (χ1) is 15.3. The number of hydrogen-bond acceptors (Lipinski definition) is 1. The van der Waals surface area contributed by atoms with Crippen LogP contribution in [0.4, 0.5) is 0 Å². The molecule has 4 rings (SSSR count). The van der Waals surface area contributed by atoms with Crippen molar-refractivity contribution in [1.82, 2.24) is 0 Å². The van der Waals surface area contributed by atoms with Gasteiger partial charge in [0.25, 0.3) is 0 Å². The average molecular weight is 425 g/mol. The van der Waals surface area contributed by atoms with Crippen molar-refractivity contribution in [2.24, 2.45) is 0 Å². The molecule has 0 saturated carbocycles. The summed E-state index contributed by atoms with van der Waals surface area (Å²) in [6.45, 7) is 6.71. The summed E-state index contributed by atoms with van der Waals surface area (Å²) in [7, 11) is 0. The number of hydrogen-bond donors (Lipinski definition) is 0. The molecule has 31 heavy (non-hydrogen) atoms. The van der Waals surface area contributed by atoms with E-state index in [1.165, 1.54) is 50.6 Å². The Kier molecular flexibility index (Phi) is 7.22. The van der Waals surface area contributed by atoms with Gasteiger partial charge in [-0.15, -0.1) is 0 Å². The van der Waals surface area contributed by atoms with Gasteiger partial charge in [-0.2, -0.15) is 0 Å². The fourth-order valence-corrected chi connectivity index (χ4v) is 5.05. The molecule has 0 N–H and O–H groups in total. The number of nitrogens with zero attached hydrogens (tertiary/aromatic N) is 1. The maximum atomic E-state index is 2.49. The van der Waals surface area contributed by atoms with Crippen LogP contribution < -0.4 is 0 Å². The molecule has 0 fully saturated rings. The quantitative estimate of drug-likeness (QED) is 0.434. The van der Waals surface area contributed by atoms with Gasteiger partial charge in [-0.1, -0.05) is 86.3 Å². The van der Waals surface area contributed by atoms with Gasteiger partial charge in [0.05, 0.1) is 0 Å². The van der Waals surface area contributed by atoms with Gasteiger partial charge in [0.1, 0.15) is 13.1 Å². The maximum absolute atomic E-state index is 2.49. The molecular weight excluding hydrogens is 394 g/mol. The Bertz CT molecular complexity index is 1010. The predicted molar refractivity (Wildman–Crippen MR) is 137 cm³/mol. The van der Waals surface area contributed by atoms with Crippen molar-refractivity contribution in [1.29, 1.82) is 0 Å². The SMILES string of the molecule is CCC[N+](CCC)=C1C=CC(=C2C=C(c3ccccc3)SC(c3ccccc3)=C2)C=C1. The molecule has 0 amide bonds. The topological polar surface area (TPSA) is 3.01 Å². The number of thioether (sulfide) groups is 1. The molecule has 1 aliphatic carbocycles. The molecule has 2 aromatic rings. The Morgan fingerprint density at radius 1 is 0.613 bits per heavy atom. The first-order valence-corrected chi connectivity index (χ1v) is 12.0. The highest BCUT2D eigenvalue weighted by Crippen LogP contribution is 2.44. The molecule has 2 aromatic carbocycles. The van der Waals surface area contributed by atoms with Crippen molar-refractivity contribution in [3.63, 3.8) is 0 Å². The van der Waals surface area contributed by atoms with Crippen molar-refractivity contribution >= 4 is 27.3 Å². The van der Waals surface area contributed by atoms with Gasteiger partial charge in [0.2, 0.25) is 0 Å². The minimum atomic E-state index is 1.11. The molecule has 1 aliphatic heterocycles. The maximum Gasteiger partial charge on any atom is 0.199 e. The fourth-order valence-electron chi connectivity index (χ4n) is 3.93. The third kappa shape index (κ3) is 5.26. The van der Waals surface area contributed by atoms with E-state index in [9.17, 15) is 0 Å². The fraction of sp³-hybridized carbons (Fsp3) is 0.207. The minimum Gasteiger partial charge on any atom is -0.230 e. The summed E-state index contributed by atoms with van der Waals surface area (Å²) < 4.78 is 2.49. The molecule has 1 nitrogen and oxygen atoms in total. The molecule has 0 spiro atoms.